The molecule has 1 aliphatic rings. The van der Waals surface area contributed by atoms with Crippen LogP contribution in [-0.2, 0) is 0 Å². The van der Waals surface area contributed by atoms with Crippen LogP contribution in [0.5, 0.6) is 0 Å². The predicted octanol–water partition coefficient (Wildman–Crippen LogP) is 3.99. The molecule has 1 aliphatic heterocycles. The third-order valence-corrected chi connectivity index (χ3v) is 3.41. The van der Waals surface area contributed by atoms with E-state index in [0.717, 1.165) is 22.1 Å². The lowest BCUT2D eigenvalue weighted by atomic mass is 10.1. The lowest BCUT2D eigenvalue weighted by Gasteiger charge is -2.28. The summed E-state index contributed by atoms with van der Waals surface area (Å²) < 4.78 is 0. The minimum atomic E-state index is 0.369. The Morgan fingerprint density at radius 2 is 2.00 bits per heavy atom. The van der Waals surface area contributed by atoms with Gasteiger partial charge in [0, 0.05) is 23.8 Å². The fourth-order valence-electron chi connectivity index (χ4n) is 1.90. The molecule has 1 aromatic rings. The van der Waals surface area contributed by atoms with Crippen LogP contribution in [0.25, 0.3) is 6.08 Å². The van der Waals surface area contributed by atoms with E-state index < -0.39 is 0 Å². The number of benzene rings is 1. The molecule has 0 aliphatic carbocycles. The van der Waals surface area contributed by atoms with Crippen molar-refractivity contribution in [1.29, 1.82) is 0 Å². The summed E-state index contributed by atoms with van der Waals surface area (Å²) in [5.41, 5.74) is 2.06. The Morgan fingerprint density at radius 1 is 1.28 bits per heavy atom. The zero-order chi connectivity index (χ0) is 13.1. The van der Waals surface area contributed by atoms with Crippen molar-refractivity contribution in [2.75, 3.05) is 7.05 Å². The van der Waals surface area contributed by atoms with Crippen molar-refractivity contribution < 1.29 is 0 Å². The molecular weight excluding hydrogens is 244 g/mol. The first-order valence-corrected chi connectivity index (χ1v) is 6.38. The summed E-state index contributed by atoms with van der Waals surface area (Å²) in [6.45, 7) is 4.17. The van der Waals surface area contributed by atoms with Crippen LogP contribution < -0.4 is 0 Å². The van der Waals surface area contributed by atoms with Crippen molar-refractivity contribution in [2.24, 2.45) is 4.99 Å². The number of hydrogen-bond donors (Lipinski definition) is 0. The minimum Gasteiger partial charge on any atom is -0.353 e. The van der Waals surface area contributed by atoms with Crippen LogP contribution in [0, 0.1) is 0 Å². The van der Waals surface area contributed by atoms with Gasteiger partial charge in [-0.3, -0.25) is 0 Å². The summed E-state index contributed by atoms with van der Waals surface area (Å²) >= 11 is 6.12. The first-order valence-electron chi connectivity index (χ1n) is 6.00. The highest BCUT2D eigenvalue weighted by atomic mass is 35.5. The number of amidine groups is 1. The van der Waals surface area contributed by atoms with Gasteiger partial charge in [-0.15, -0.1) is 0 Å². The van der Waals surface area contributed by atoms with Gasteiger partial charge in [-0.1, -0.05) is 29.8 Å². The summed E-state index contributed by atoms with van der Waals surface area (Å²) in [6.07, 6.45) is 6.16. The maximum absolute atomic E-state index is 6.12. The number of aliphatic imine (C=N–C) groups is 1. The molecule has 0 amide bonds. The summed E-state index contributed by atoms with van der Waals surface area (Å²) in [5, 5.41) is 0.758. The summed E-state index contributed by atoms with van der Waals surface area (Å²) in [7, 11) is 2.05. The molecule has 1 heterocycles. The average Bonchev–Trinajstić information content (AvgIpc) is 2.33. The smallest absolute Gasteiger partial charge is 0.129 e. The van der Waals surface area contributed by atoms with Gasteiger partial charge in [0.15, 0.2) is 0 Å². The molecule has 0 fully saturated rings. The molecule has 0 bridgehead atoms. The Bertz CT molecular complexity index is 529. The van der Waals surface area contributed by atoms with Gasteiger partial charge >= 0.3 is 0 Å². The molecular formula is C15H17ClN2. The monoisotopic (exact) mass is 260 g/mol. The Balaban J connectivity index is 2.24. The maximum atomic E-state index is 6.12. The molecule has 1 atom stereocenters. The van der Waals surface area contributed by atoms with Crippen LogP contribution in [0.15, 0.2) is 47.1 Å². The van der Waals surface area contributed by atoms with Gasteiger partial charge in [-0.2, -0.15) is 0 Å². The van der Waals surface area contributed by atoms with Gasteiger partial charge in [-0.05, 0) is 43.7 Å². The normalized spacial score (nSPS) is 20.0. The molecule has 18 heavy (non-hydrogen) atoms. The second-order valence-electron chi connectivity index (χ2n) is 4.48. The Kier molecular flexibility index (Phi) is 3.87. The fourth-order valence-corrected chi connectivity index (χ4v) is 2.09. The van der Waals surface area contributed by atoms with E-state index in [9.17, 15) is 0 Å². The molecule has 1 unspecified atom stereocenters. The molecule has 94 valence electrons. The number of hydrogen-bond acceptors (Lipinski definition) is 2. The molecule has 1 aromatic carbocycles. The second kappa shape index (κ2) is 5.40. The second-order valence-corrected chi connectivity index (χ2v) is 4.89. The Labute approximate surface area is 113 Å². The van der Waals surface area contributed by atoms with Crippen molar-refractivity contribution in [2.45, 2.75) is 19.9 Å². The van der Waals surface area contributed by atoms with Gasteiger partial charge in [0.1, 0.15) is 5.84 Å². The van der Waals surface area contributed by atoms with Crippen molar-refractivity contribution in [3.8, 4) is 0 Å². The summed E-state index contributed by atoms with van der Waals surface area (Å²) in [5.74, 6) is 0.961. The van der Waals surface area contributed by atoms with Crippen LogP contribution in [0.1, 0.15) is 19.4 Å². The first-order chi connectivity index (χ1) is 8.58. The van der Waals surface area contributed by atoms with E-state index in [-0.39, 0.29) is 0 Å². The number of halogens is 1. The van der Waals surface area contributed by atoms with Crippen molar-refractivity contribution in [3.63, 3.8) is 0 Å². The number of nitrogens with zero attached hydrogens (tertiary/aromatic N) is 2. The third kappa shape index (κ3) is 2.82. The molecule has 0 N–H and O–H groups in total. The first kappa shape index (κ1) is 12.9. The van der Waals surface area contributed by atoms with Crippen LogP contribution >= 0.6 is 11.6 Å². The van der Waals surface area contributed by atoms with Gasteiger partial charge in [0.2, 0.25) is 0 Å². The topological polar surface area (TPSA) is 15.6 Å². The molecule has 0 saturated carbocycles. The molecule has 0 spiro atoms. The molecule has 2 rings (SSSR count). The van der Waals surface area contributed by atoms with Crippen molar-refractivity contribution in [3.05, 3.63) is 52.7 Å². The number of likely N-dealkylation sites (N-methyl/N-ethyl adjacent to an activating group) is 1. The standard InChI is InChI=1S/C15H17ClN2/c1-11-10-12(2)18(3)15(17-11)9-8-13-6-4-5-7-14(13)16/h4-10,12H,1-3H3/b9-8+. The van der Waals surface area contributed by atoms with E-state index in [2.05, 4.69) is 22.9 Å². The van der Waals surface area contributed by atoms with Crippen LogP contribution in [0.2, 0.25) is 5.02 Å². The maximum Gasteiger partial charge on any atom is 0.129 e. The molecule has 3 heteroatoms. The predicted molar refractivity (Wildman–Crippen MR) is 78.9 cm³/mol. The summed E-state index contributed by atoms with van der Waals surface area (Å²) in [4.78, 5) is 6.67. The lowest BCUT2D eigenvalue weighted by Crippen LogP contribution is -2.35. The third-order valence-electron chi connectivity index (χ3n) is 3.06. The van der Waals surface area contributed by atoms with Crippen LogP contribution in [0.4, 0.5) is 0 Å². The van der Waals surface area contributed by atoms with E-state index >= 15 is 0 Å². The van der Waals surface area contributed by atoms with Crippen LogP contribution in [-0.4, -0.2) is 23.8 Å². The highest BCUT2D eigenvalue weighted by molar-refractivity contribution is 6.32. The number of rotatable bonds is 2. The average molecular weight is 261 g/mol. The van der Waals surface area contributed by atoms with Gasteiger partial charge in [0.05, 0.1) is 0 Å². The highest BCUT2D eigenvalue weighted by Gasteiger charge is 2.14. The quantitative estimate of drug-likeness (QED) is 0.785. The van der Waals surface area contributed by atoms with Gasteiger partial charge in [0.25, 0.3) is 0 Å². The van der Waals surface area contributed by atoms with Gasteiger partial charge in [-0.25, -0.2) is 4.99 Å². The molecule has 0 aromatic heterocycles. The number of allylic oxidation sites excluding steroid dienone is 1. The van der Waals surface area contributed by atoms with Gasteiger partial charge < -0.3 is 4.90 Å². The van der Waals surface area contributed by atoms with E-state index in [1.807, 2.05) is 50.4 Å². The Morgan fingerprint density at radius 3 is 2.72 bits per heavy atom. The van der Waals surface area contributed by atoms with E-state index in [0.29, 0.717) is 6.04 Å². The largest absolute Gasteiger partial charge is 0.353 e. The highest BCUT2D eigenvalue weighted by Crippen LogP contribution is 2.18. The minimum absolute atomic E-state index is 0.369. The molecule has 0 saturated heterocycles. The van der Waals surface area contributed by atoms with Crippen molar-refractivity contribution in [1.82, 2.24) is 4.90 Å². The zero-order valence-electron chi connectivity index (χ0n) is 10.9. The van der Waals surface area contributed by atoms with E-state index in [1.165, 1.54) is 0 Å². The Hall–Kier alpha value is -1.54. The van der Waals surface area contributed by atoms with E-state index in [1.54, 1.807) is 0 Å². The zero-order valence-corrected chi connectivity index (χ0v) is 11.6. The van der Waals surface area contributed by atoms with Crippen molar-refractivity contribution >= 4 is 23.5 Å². The van der Waals surface area contributed by atoms with Crippen LogP contribution in [0.3, 0.4) is 0 Å². The summed E-state index contributed by atoms with van der Waals surface area (Å²) in [6, 6.07) is 8.16. The fraction of sp³-hybridized carbons (Fsp3) is 0.267. The SMILES string of the molecule is CC1=CC(C)N(C)C(/C=C/c2ccccc2Cl)=N1. The lowest BCUT2D eigenvalue weighted by molar-refractivity contribution is 0.445. The molecule has 0 radical (unpaired) electrons. The van der Waals surface area contributed by atoms with E-state index in [4.69, 9.17) is 11.6 Å². The molecule has 2 nitrogen and oxygen atoms in total.